The van der Waals surface area contributed by atoms with E-state index in [9.17, 15) is 14.7 Å². The fourth-order valence-corrected chi connectivity index (χ4v) is 2.74. The number of hydrogen-bond acceptors (Lipinski definition) is 5. The third-order valence-electron chi connectivity index (χ3n) is 4.08. The second-order valence-corrected chi connectivity index (χ2v) is 5.83. The van der Waals surface area contributed by atoms with E-state index in [2.05, 4.69) is 10.5 Å². The van der Waals surface area contributed by atoms with Crippen LogP contribution in [0, 0.1) is 0 Å². The summed E-state index contributed by atoms with van der Waals surface area (Å²) in [6.45, 7) is 0.671. The zero-order valence-electron chi connectivity index (χ0n) is 14.3. The smallest absolute Gasteiger partial charge is 0.271 e. The van der Waals surface area contributed by atoms with Crippen LogP contribution in [0.15, 0.2) is 47.6 Å². The minimum atomic E-state index is -0.375. The summed E-state index contributed by atoms with van der Waals surface area (Å²) in [4.78, 5) is 25.8. The number of hydrogen-bond donors (Lipinski definition) is 2. The summed E-state index contributed by atoms with van der Waals surface area (Å²) in [6.07, 6.45) is 2.82. The van der Waals surface area contributed by atoms with Gasteiger partial charge in [-0.05, 0) is 48.4 Å². The Labute approximate surface area is 150 Å². The third kappa shape index (κ3) is 3.83. The lowest BCUT2D eigenvalue weighted by molar-refractivity contribution is -0.117. The van der Waals surface area contributed by atoms with Gasteiger partial charge >= 0.3 is 0 Å². The van der Waals surface area contributed by atoms with E-state index in [0.29, 0.717) is 35.5 Å². The van der Waals surface area contributed by atoms with Crippen LogP contribution in [0.3, 0.4) is 0 Å². The molecular formula is C19H19N3O4. The molecule has 0 radical (unpaired) electrons. The molecule has 1 saturated heterocycles. The van der Waals surface area contributed by atoms with Crippen molar-refractivity contribution in [3.63, 3.8) is 0 Å². The van der Waals surface area contributed by atoms with Crippen LogP contribution in [0.5, 0.6) is 11.5 Å². The molecule has 3 rings (SSSR count). The molecule has 1 fully saturated rings. The molecular weight excluding hydrogens is 334 g/mol. The van der Waals surface area contributed by atoms with Gasteiger partial charge in [-0.3, -0.25) is 9.59 Å². The maximum atomic E-state index is 12.3. The van der Waals surface area contributed by atoms with Crippen LogP contribution in [-0.4, -0.2) is 36.8 Å². The van der Waals surface area contributed by atoms with Crippen molar-refractivity contribution in [2.24, 2.45) is 5.10 Å². The number of benzene rings is 2. The minimum Gasteiger partial charge on any atom is -0.504 e. The average Bonchev–Trinajstić information content (AvgIpc) is 3.09. The molecule has 7 nitrogen and oxygen atoms in total. The Hall–Kier alpha value is -3.35. The fraction of sp³-hybridized carbons (Fsp3) is 0.211. The highest BCUT2D eigenvalue weighted by Crippen LogP contribution is 2.25. The van der Waals surface area contributed by atoms with Crippen molar-refractivity contribution in [2.75, 3.05) is 18.6 Å². The Balaban J connectivity index is 1.67. The number of carbonyl (C=O) groups excluding carboxylic acids is 2. The van der Waals surface area contributed by atoms with E-state index in [1.165, 1.54) is 19.4 Å². The van der Waals surface area contributed by atoms with Gasteiger partial charge in [0, 0.05) is 24.2 Å². The van der Waals surface area contributed by atoms with Gasteiger partial charge in [0.2, 0.25) is 5.91 Å². The van der Waals surface area contributed by atoms with Crippen molar-refractivity contribution >= 4 is 23.7 Å². The second-order valence-electron chi connectivity index (χ2n) is 5.83. The molecule has 2 aromatic carbocycles. The molecule has 0 aliphatic carbocycles. The Morgan fingerprint density at radius 2 is 2.15 bits per heavy atom. The fourth-order valence-electron chi connectivity index (χ4n) is 2.74. The highest BCUT2D eigenvalue weighted by molar-refractivity contribution is 5.99. The third-order valence-corrected chi connectivity index (χ3v) is 4.08. The molecule has 2 N–H and O–H groups in total. The molecule has 2 amide bonds. The number of anilines is 1. The van der Waals surface area contributed by atoms with E-state index in [-0.39, 0.29) is 17.6 Å². The molecule has 1 heterocycles. The summed E-state index contributed by atoms with van der Waals surface area (Å²) >= 11 is 0. The number of methoxy groups -OCH3 is 1. The lowest BCUT2D eigenvalue weighted by Crippen LogP contribution is -2.24. The number of aromatic hydroxyl groups is 1. The number of amides is 2. The van der Waals surface area contributed by atoms with Gasteiger partial charge in [0.25, 0.3) is 5.91 Å². The molecule has 2 aromatic rings. The first-order valence-electron chi connectivity index (χ1n) is 8.19. The lowest BCUT2D eigenvalue weighted by Gasteiger charge is -2.16. The first-order chi connectivity index (χ1) is 12.6. The summed E-state index contributed by atoms with van der Waals surface area (Å²) in [5.41, 5.74) is 4.25. The molecule has 0 spiro atoms. The number of rotatable bonds is 5. The molecule has 1 aliphatic heterocycles. The zero-order valence-corrected chi connectivity index (χ0v) is 14.3. The van der Waals surface area contributed by atoms with Crippen LogP contribution in [-0.2, 0) is 4.79 Å². The normalized spacial score (nSPS) is 14.0. The van der Waals surface area contributed by atoms with E-state index in [0.717, 1.165) is 6.42 Å². The Kier molecular flexibility index (Phi) is 5.17. The van der Waals surface area contributed by atoms with Crippen LogP contribution in [0.2, 0.25) is 0 Å². The molecule has 134 valence electrons. The Morgan fingerprint density at radius 1 is 1.31 bits per heavy atom. The molecule has 0 atom stereocenters. The number of ether oxygens (including phenoxy) is 1. The van der Waals surface area contributed by atoms with Crippen LogP contribution < -0.4 is 15.1 Å². The zero-order chi connectivity index (χ0) is 18.5. The average molecular weight is 353 g/mol. The number of nitrogens with one attached hydrogen (secondary N) is 1. The Morgan fingerprint density at radius 3 is 2.88 bits per heavy atom. The molecule has 0 bridgehead atoms. The summed E-state index contributed by atoms with van der Waals surface area (Å²) in [5.74, 6) is 0.0487. The number of carbonyl (C=O) groups is 2. The van der Waals surface area contributed by atoms with E-state index in [1.54, 1.807) is 35.2 Å². The van der Waals surface area contributed by atoms with Crippen LogP contribution >= 0.6 is 0 Å². The van der Waals surface area contributed by atoms with Crippen molar-refractivity contribution in [2.45, 2.75) is 12.8 Å². The van der Waals surface area contributed by atoms with E-state index in [4.69, 9.17) is 4.74 Å². The maximum Gasteiger partial charge on any atom is 0.271 e. The lowest BCUT2D eigenvalue weighted by atomic mass is 10.2. The van der Waals surface area contributed by atoms with Crippen LogP contribution in [0.4, 0.5) is 5.69 Å². The molecule has 7 heteroatoms. The van der Waals surface area contributed by atoms with Gasteiger partial charge in [0.1, 0.15) is 0 Å². The van der Waals surface area contributed by atoms with Gasteiger partial charge in [-0.2, -0.15) is 5.10 Å². The molecule has 1 aliphatic rings. The van der Waals surface area contributed by atoms with Gasteiger partial charge in [-0.25, -0.2) is 5.43 Å². The van der Waals surface area contributed by atoms with Gasteiger partial charge in [0.15, 0.2) is 11.5 Å². The van der Waals surface area contributed by atoms with Crippen molar-refractivity contribution in [1.29, 1.82) is 0 Å². The van der Waals surface area contributed by atoms with Crippen molar-refractivity contribution in [3.8, 4) is 11.5 Å². The van der Waals surface area contributed by atoms with E-state index < -0.39 is 0 Å². The summed E-state index contributed by atoms with van der Waals surface area (Å²) < 4.78 is 5.02. The standard InChI is InChI=1S/C19H19N3O4/c1-26-17-10-13(7-8-16(17)23)12-20-21-19(25)14-4-2-5-15(11-14)22-9-3-6-18(22)24/h2,4-5,7-8,10-12,23H,3,6,9H2,1H3,(H,21,25)/b20-12-. The monoisotopic (exact) mass is 353 g/mol. The van der Waals surface area contributed by atoms with Gasteiger partial charge in [0.05, 0.1) is 13.3 Å². The van der Waals surface area contributed by atoms with Crippen LogP contribution in [0.1, 0.15) is 28.8 Å². The quantitative estimate of drug-likeness (QED) is 0.637. The summed E-state index contributed by atoms with van der Waals surface area (Å²) in [7, 11) is 1.45. The SMILES string of the molecule is COc1cc(/C=N\NC(=O)c2cccc(N3CCCC3=O)c2)ccc1O. The first-order valence-corrected chi connectivity index (χ1v) is 8.19. The molecule has 26 heavy (non-hydrogen) atoms. The van der Waals surface area contributed by atoms with Crippen molar-refractivity contribution in [3.05, 3.63) is 53.6 Å². The maximum absolute atomic E-state index is 12.3. The Bertz CT molecular complexity index is 864. The molecule has 0 aromatic heterocycles. The van der Waals surface area contributed by atoms with E-state index >= 15 is 0 Å². The van der Waals surface area contributed by atoms with E-state index in [1.807, 2.05) is 6.07 Å². The topological polar surface area (TPSA) is 91.2 Å². The largest absolute Gasteiger partial charge is 0.504 e. The van der Waals surface area contributed by atoms with Crippen molar-refractivity contribution < 1.29 is 19.4 Å². The first kappa shape index (κ1) is 17.5. The van der Waals surface area contributed by atoms with Crippen molar-refractivity contribution in [1.82, 2.24) is 5.43 Å². The highest BCUT2D eigenvalue weighted by Gasteiger charge is 2.22. The van der Waals surface area contributed by atoms with Crippen LogP contribution in [0.25, 0.3) is 0 Å². The molecule has 0 unspecified atom stereocenters. The highest BCUT2D eigenvalue weighted by atomic mass is 16.5. The number of phenols is 1. The number of phenolic OH excluding ortho intramolecular Hbond substituents is 1. The molecule has 0 saturated carbocycles. The predicted molar refractivity (Wildman–Crippen MR) is 97.7 cm³/mol. The predicted octanol–water partition coefficient (Wildman–Crippen LogP) is 2.29. The number of hydrazone groups is 1. The summed E-state index contributed by atoms with van der Waals surface area (Å²) in [6, 6.07) is 11.6. The van der Waals surface area contributed by atoms with Gasteiger partial charge in [-0.15, -0.1) is 0 Å². The summed E-state index contributed by atoms with van der Waals surface area (Å²) in [5, 5.41) is 13.5. The second kappa shape index (κ2) is 7.69. The van der Waals surface area contributed by atoms with Gasteiger partial charge < -0.3 is 14.7 Å². The van der Waals surface area contributed by atoms with Gasteiger partial charge in [-0.1, -0.05) is 6.07 Å². The minimum absolute atomic E-state index is 0.0296. The number of nitrogens with zero attached hydrogens (tertiary/aromatic N) is 2.